The standard InChI is InChI=1S/C10H19N3O2/c1-4-10-11-9(12-15-10)7-13(5-6-14)8(2)3/h8,14H,4-7H2,1-3H3. The molecule has 5 heteroatoms. The van der Waals surface area contributed by atoms with E-state index in [0.717, 1.165) is 6.42 Å². The Hall–Kier alpha value is -0.940. The van der Waals surface area contributed by atoms with Crippen molar-refractivity contribution in [1.29, 1.82) is 0 Å². The second kappa shape index (κ2) is 5.82. The van der Waals surface area contributed by atoms with Crippen LogP contribution in [0.5, 0.6) is 0 Å². The molecule has 0 radical (unpaired) electrons. The van der Waals surface area contributed by atoms with Crippen LogP contribution in [-0.4, -0.2) is 39.3 Å². The zero-order valence-electron chi connectivity index (χ0n) is 9.60. The van der Waals surface area contributed by atoms with Crippen LogP contribution in [0.4, 0.5) is 0 Å². The molecule has 0 saturated heterocycles. The van der Waals surface area contributed by atoms with Crippen LogP contribution >= 0.6 is 0 Å². The van der Waals surface area contributed by atoms with Crippen molar-refractivity contribution in [3.63, 3.8) is 0 Å². The average Bonchev–Trinajstić information content (AvgIpc) is 2.65. The summed E-state index contributed by atoms with van der Waals surface area (Å²) in [7, 11) is 0. The average molecular weight is 213 g/mol. The van der Waals surface area contributed by atoms with Gasteiger partial charge in [0.05, 0.1) is 13.2 Å². The molecular weight excluding hydrogens is 194 g/mol. The molecule has 0 amide bonds. The summed E-state index contributed by atoms with van der Waals surface area (Å²) in [5, 5.41) is 12.8. The van der Waals surface area contributed by atoms with Crippen molar-refractivity contribution in [2.45, 2.75) is 39.8 Å². The molecule has 0 aliphatic rings. The summed E-state index contributed by atoms with van der Waals surface area (Å²) in [6.07, 6.45) is 0.759. The van der Waals surface area contributed by atoms with Crippen molar-refractivity contribution < 1.29 is 9.63 Å². The molecule has 0 aliphatic carbocycles. The van der Waals surface area contributed by atoms with Gasteiger partial charge in [-0.3, -0.25) is 4.90 Å². The van der Waals surface area contributed by atoms with E-state index in [4.69, 9.17) is 9.63 Å². The molecule has 5 nitrogen and oxygen atoms in total. The van der Waals surface area contributed by atoms with Crippen LogP contribution < -0.4 is 0 Å². The van der Waals surface area contributed by atoms with E-state index in [0.29, 0.717) is 30.8 Å². The van der Waals surface area contributed by atoms with Gasteiger partial charge in [-0.15, -0.1) is 0 Å². The Morgan fingerprint density at radius 2 is 2.20 bits per heavy atom. The Bertz CT molecular complexity index is 286. The molecule has 1 N–H and O–H groups in total. The Kier molecular flexibility index (Phi) is 4.71. The summed E-state index contributed by atoms with van der Waals surface area (Å²) in [5.74, 6) is 1.35. The highest BCUT2D eigenvalue weighted by Crippen LogP contribution is 2.05. The largest absolute Gasteiger partial charge is 0.395 e. The molecule has 1 aromatic rings. The smallest absolute Gasteiger partial charge is 0.226 e. The maximum atomic E-state index is 8.91. The highest BCUT2D eigenvalue weighted by molar-refractivity contribution is 4.86. The molecule has 1 heterocycles. The van der Waals surface area contributed by atoms with Gasteiger partial charge in [0.15, 0.2) is 5.82 Å². The number of hydrogen-bond donors (Lipinski definition) is 1. The molecule has 15 heavy (non-hydrogen) atoms. The van der Waals surface area contributed by atoms with Gasteiger partial charge < -0.3 is 9.63 Å². The highest BCUT2D eigenvalue weighted by Gasteiger charge is 2.13. The van der Waals surface area contributed by atoms with Crippen molar-refractivity contribution in [2.75, 3.05) is 13.2 Å². The van der Waals surface area contributed by atoms with Crippen LogP contribution in [-0.2, 0) is 13.0 Å². The predicted molar refractivity (Wildman–Crippen MR) is 56.3 cm³/mol. The quantitative estimate of drug-likeness (QED) is 0.758. The van der Waals surface area contributed by atoms with Gasteiger partial charge >= 0.3 is 0 Å². The lowest BCUT2D eigenvalue weighted by Gasteiger charge is -2.23. The number of nitrogens with zero attached hydrogens (tertiary/aromatic N) is 3. The van der Waals surface area contributed by atoms with E-state index in [1.807, 2.05) is 6.92 Å². The molecule has 86 valence electrons. The Labute approximate surface area is 90.1 Å². The van der Waals surface area contributed by atoms with Crippen molar-refractivity contribution in [3.8, 4) is 0 Å². The Morgan fingerprint density at radius 3 is 2.67 bits per heavy atom. The molecule has 0 bridgehead atoms. The number of aliphatic hydroxyl groups excluding tert-OH is 1. The van der Waals surface area contributed by atoms with Crippen molar-refractivity contribution >= 4 is 0 Å². The number of aromatic nitrogens is 2. The number of aliphatic hydroxyl groups is 1. The van der Waals surface area contributed by atoms with E-state index in [1.54, 1.807) is 0 Å². The topological polar surface area (TPSA) is 62.4 Å². The van der Waals surface area contributed by atoms with Crippen LogP contribution in [0.25, 0.3) is 0 Å². The Morgan fingerprint density at radius 1 is 1.47 bits per heavy atom. The minimum atomic E-state index is 0.149. The number of rotatable bonds is 6. The minimum absolute atomic E-state index is 0.149. The zero-order valence-corrected chi connectivity index (χ0v) is 9.60. The lowest BCUT2D eigenvalue weighted by Crippen LogP contribution is -2.33. The van der Waals surface area contributed by atoms with Crippen molar-refractivity contribution in [1.82, 2.24) is 15.0 Å². The fourth-order valence-electron chi connectivity index (χ4n) is 1.33. The van der Waals surface area contributed by atoms with E-state index in [1.165, 1.54) is 0 Å². The summed E-state index contributed by atoms with van der Waals surface area (Å²) in [5.41, 5.74) is 0. The summed E-state index contributed by atoms with van der Waals surface area (Å²) >= 11 is 0. The lowest BCUT2D eigenvalue weighted by molar-refractivity contribution is 0.155. The highest BCUT2D eigenvalue weighted by atomic mass is 16.5. The molecule has 0 unspecified atom stereocenters. The van der Waals surface area contributed by atoms with Crippen LogP contribution in [0.3, 0.4) is 0 Å². The molecule has 0 fully saturated rings. The second-order valence-electron chi connectivity index (χ2n) is 3.75. The third kappa shape index (κ3) is 3.60. The second-order valence-corrected chi connectivity index (χ2v) is 3.75. The minimum Gasteiger partial charge on any atom is -0.395 e. The number of hydrogen-bond acceptors (Lipinski definition) is 5. The fraction of sp³-hybridized carbons (Fsp3) is 0.800. The third-order valence-corrected chi connectivity index (χ3v) is 2.27. The van der Waals surface area contributed by atoms with E-state index >= 15 is 0 Å². The molecule has 1 rings (SSSR count). The summed E-state index contributed by atoms with van der Waals surface area (Å²) in [6, 6.07) is 0.362. The van der Waals surface area contributed by atoms with Crippen LogP contribution in [0, 0.1) is 0 Å². The fourth-order valence-corrected chi connectivity index (χ4v) is 1.33. The normalized spacial score (nSPS) is 11.6. The van der Waals surface area contributed by atoms with Gasteiger partial charge in [0.1, 0.15) is 0 Å². The van der Waals surface area contributed by atoms with Gasteiger partial charge in [0.2, 0.25) is 5.89 Å². The van der Waals surface area contributed by atoms with Gasteiger partial charge in [0, 0.05) is 19.0 Å². The Balaban J connectivity index is 2.57. The van der Waals surface area contributed by atoms with Crippen LogP contribution in [0.2, 0.25) is 0 Å². The molecule has 1 aromatic heterocycles. The van der Waals surface area contributed by atoms with Gasteiger partial charge in [-0.05, 0) is 13.8 Å². The van der Waals surface area contributed by atoms with E-state index in [9.17, 15) is 0 Å². The van der Waals surface area contributed by atoms with Gasteiger partial charge in [-0.1, -0.05) is 12.1 Å². The van der Waals surface area contributed by atoms with Gasteiger partial charge in [-0.2, -0.15) is 4.98 Å². The van der Waals surface area contributed by atoms with Crippen molar-refractivity contribution in [2.24, 2.45) is 0 Å². The summed E-state index contributed by atoms with van der Waals surface area (Å²) in [6.45, 7) is 7.55. The molecule has 0 saturated carbocycles. The third-order valence-electron chi connectivity index (χ3n) is 2.27. The monoisotopic (exact) mass is 213 g/mol. The zero-order chi connectivity index (χ0) is 11.3. The molecule has 0 aliphatic heterocycles. The van der Waals surface area contributed by atoms with E-state index < -0.39 is 0 Å². The molecular formula is C10H19N3O2. The summed E-state index contributed by atoms with van der Waals surface area (Å²) < 4.78 is 5.02. The van der Waals surface area contributed by atoms with Crippen LogP contribution in [0.15, 0.2) is 4.52 Å². The summed E-state index contributed by atoms with van der Waals surface area (Å²) in [4.78, 5) is 6.33. The molecule has 0 aromatic carbocycles. The van der Waals surface area contributed by atoms with Gasteiger partial charge in [0.25, 0.3) is 0 Å². The van der Waals surface area contributed by atoms with Crippen LogP contribution in [0.1, 0.15) is 32.5 Å². The first kappa shape index (κ1) is 12.1. The first-order valence-electron chi connectivity index (χ1n) is 5.33. The van der Waals surface area contributed by atoms with Gasteiger partial charge in [-0.25, -0.2) is 0 Å². The molecule has 0 spiro atoms. The van der Waals surface area contributed by atoms with E-state index in [2.05, 4.69) is 28.9 Å². The first-order valence-corrected chi connectivity index (χ1v) is 5.33. The SMILES string of the molecule is CCc1nc(CN(CCO)C(C)C)no1. The lowest BCUT2D eigenvalue weighted by atomic mass is 10.3. The van der Waals surface area contributed by atoms with E-state index in [-0.39, 0.29) is 6.61 Å². The molecule has 0 atom stereocenters. The maximum Gasteiger partial charge on any atom is 0.226 e. The predicted octanol–water partition coefficient (Wildman–Crippen LogP) is 0.835. The number of aryl methyl sites for hydroxylation is 1. The maximum absolute atomic E-state index is 8.91. The first-order chi connectivity index (χ1) is 7.17. The van der Waals surface area contributed by atoms with Crippen molar-refractivity contribution in [3.05, 3.63) is 11.7 Å².